The largest absolute Gasteiger partial charge is 0.443 e. The predicted octanol–water partition coefficient (Wildman–Crippen LogP) is 6.12. The monoisotopic (exact) mass is 433 g/mol. The highest BCUT2D eigenvalue weighted by atomic mass is 79.9. The molecule has 0 atom stereocenters. The summed E-state index contributed by atoms with van der Waals surface area (Å²) < 4.78 is 8.47. The Morgan fingerprint density at radius 3 is 2.48 bits per heavy atom. The summed E-state index contributed by atoms with van der Waals surface area (Å²) in [6, 6.07) is 7.36. The standard InChI is InChI=1S/C15H14Br2ClNO2/c1-15(2,3)21-14(20)19-8-10(16)7-13(19)9-4-5-12(18)11(17)6-9/h4-8H,1-3H3. The van der Waals surface area contributed by atoms with Crippen LogP contribution in [0.1, 0.15) is 20.8 Å². The van der Waals surface area contributed by atoms with Crippen LogP contribution in [0.2, 0.25) is 5.02 Å². The lowest BCUT2D eigenvalue weighted by Crippen LogP contribution is -2.27. The SMILES string of the molecule is CC(C)(C)OC(=O)n1cc(Br)cc1-c1ccc(Cl)c(Br)c1. The minimum absolute atomic E-state index is 0.422. The lowest BCUT2D eigenvalue weighted by atomic mass is 10.1. The second-order valence-electron chi connectivity index (χ2n) is 5.52. The van der Waals surface area contributed by atoms with E-state index >= 15 is 0 Å². The van der Waals surface area contributed by atoms with Crippen molar-refractivity contribution in [3.05, 3.63) is 44.4 Å². The highest BCUT2D eigenvalue weighted by molar-refractivity contribution is 9.10. The van der Waals surface area contributed by atoms with Gasteiger partial charge in [-0.2, -0.15) is 0 Å². The Labute approximate surface area is 145 Å². The van der Waals surface area contributed by atoms with Crippen LogP contribution < -0.4 is 0 Å². The van der Waals surface area contributed by atoms with E-state index in [1.807, 2.05) is 39.0 Å². The number of hydrogen-bond acceptors (Lipinski definition) is 2. The number of carbonyl (C=O) groups excluding carboxylic acids is 1. The highest BCUT2D eigenvalue weighted by Crippen LogP contribution is 2.31. The minimum atomic E-state index is -0.550. The van der Waals surface area contributed by atoms with Gasteiger partial charge < -0.3 is 4.74 Å². The summed E-state index contributed by atoms with van der Waals surface area (Å²) in [5.74, 6) is 0. The summed E-state index contributed by atoms with van der Waals surface area (Å²) in [5, 5.41) is 0.619. The van der Waals surface area contributed by atoms with Crippen molar-refractivity contribution >= 4 is 49.6 Å². The van der Waals surface area contributed by atoms with E-state index in [1.54, 1.807) is 12.3 Å². The smallest absolute Gasteiger partial charge is 0.419 e. The van der Waals surface area contributed by atoms with Crippen LogP contribution in [0.15, 0.2) is 39.4 Å². The Balaban J connectivity index is 2.45. The van der Waals surface area contributed by atoms with E-state index in [1.165, 1.54) is 4.57 Å². The van der Waals surface area contributed by atoms with Crippen molar-refractivity contribution < 1.29 is 9.53 Å². The van der Waals surface area contributed by atoms with Gasteiger partial charge in [0.2, 0.25) is 0 Å². The molecule has 0 bridgehead atoms. The van der Waals surface area contributed by atoms with Crippen molar-refractivity contribution in [3.8, 4) is 11.3 Å². The van der Waals surface area contributed by atoms with Crippen LogP contribution in [0.5, 0.6) is 0 Å². The second kappa shape index (κ2) is 6.15. The molecule has 0 spiro atoms. The van der Waals surface area contributed by atoms with E-state index in [2.05, 4.69) is 31.9 Å². The van der Waals surface area contributed by atoms with Gasteiger partial charge in [0.25, 0.3) is 0 Å². The molecule has 0 unspecified atom stereocenters. The summed E-state index contributed by atoms with van der Waals surface area (Å²) in [4.78, 5) is 12.3. The minimum Gasteiger partial charge on any atom is -0.443 e. The summed E-state index contributed by atoms with van der Waals surface area (Å²) in [6.45, 7) is 5.51. The Bertz CT molecular complexity index is 689. The number of carbonyl (C=O) groups is 1. The molecule has 0 N–H and O–H groups in total. The lowest BCUT2D eigenvalue weighted by molar-refractivity contribution is 0.0540. The van der Waals surface area contributed by atoms with Crippen molar-refractivity contribution in [1.29, 1.82) is 0 Å². The van der Waals surface area contributed by atoms with E-state index in [0.717, 1.165) is 20.2 Å². The zero-order chi connectivity index (χ0) is 15.8. The number of benzene rings is 1. The molecule has 3 nitrogen and oxygen atoms in total. The van der Waals surface area contributed by atoms with Gasteiger partial charge in [-0.3, -0.25) is 4.57 Å². The molecule has 1 heterocycles. The van der Waals surface area contributed by atoms with Crippen molar-refractivity contribution in [2.45, 2.75) is 26.4 Å². The maximum atomic E-state index is 12.3. The number of rotatable bonds is 1. The van der Waals surface area contributed by atoms with E-state index in [0.29, 0.717) is 5.02 Å². The lowest BCUT2D eigenvalue weighted by Gasteiger charge is -2.20. The van der Waals surface area contributed by atoms with Crippen LogP contribution in [0.4, 0.5) is 4.79 Å². The molecule has 1 aromatic carbocycles. The first-order valence-electron chi connectivity index (χ1n) is 6.24. The zero-order valence-electron chi connectivity index (χ0n) is 11.8. The molecule has 0 aliphatic rings. The quantitative estimate of drug-likeness (QED) is 0.541. The molecule has 112 valence electrons. The third kappa shape index (κ3) is 4.11. The molecule has 6 heteroatoms. The van der Waals surface area contributed by atoms with Gasteiger partial charge in [0.1, 0.15) is 5.60 Å². The normalized spacial score (nSPS) is 11.5. The maximum Gasteiger partial charge on any atom is 0.419 e. The van der Waals surface area contributed by atoms with Gasteiger partial charge >= 0.3 is 6.09 Å². The molecular weight excluding hydrogens is 421 g/mol. The molecular formula is C15H14Br2ClNO2. The van der Waals surface area contributed by atoms with Crippen LogP contribution in [0, 0.1) is 0 Å². The maximum absolute atomic E-state index is 12.3. The van der Waals surface area contributed by atoms with Gasteiger partial charge in [-0.25, -0.2) is 4.79 Å². The molecule has 0 saturated heterocycles. The average Bonchev–Trinajstić information content (AvgIpc) is 2.73. The van der Waals surface area contributed by atoms with Crippen molar-refractivity contribution in [2.24, 2.45) is 0 Å². The van der Waals surface area contributed by atoms with Crippen LogP contribution in [0.3, 0.4) is 0 Å². The third-order valence-electron chi connectivity index (χ3n) is 2.59. The molecule has 0 radical (unpaired) electrons. The first-order valence-corrected chi connectivity index (χ1v) is 8.20. The van der Waals surface area contributed by atoms with Crippen LogP contribution in [0.25, 0.3) is 11.3 Å². The third-order valence-corrected chi connectivity index (χ3v) is 4.24. The first-order chi connectivity index (χ1) is 9.67. The van der Waals surface area contributed by atoms with E-state index in [-0.39, 0.29) is 0 Å². The molecule has 0 fully saturated rings. The van der Waals surface area contributed by atoms with Crippen LogP contribution in [-0.4, -0.2) is 16.3 Å². The van der Waals surface area contributed by atoms with Gasteiger partial charge in [0.05, 0.1) is 10.7 Å². The average molecular weight is 436 g/mol. The fourth-order valence-corrected chi connectivity index (χ4v) is 2.69. The molecule has 0 amide bonds. The van der Waals surface area contributed by atoms with Crippen molar-refractivity contribution in [1.82, 2.24) is 4.57 Å². The summed E-state index contributed by atoms with van der Waals surface area (Å²) in [6.07, 6.45) is 1.26. The Morgan fingerprint density at radius 1 is 1.24 bits per heavy atom. The number of halogens is 3. The first kappa shape index (κ1) is 16.6. The summed E-state index contributed by atoms with van der Waals surface area (Å²) >= 11 is 12.8. The summed E-state index contributed by atoms with van der Waals surface area (Å²) in [7, 11) is 0. The fourth-order valence-electron chi connectivity index (χ4n) is 1.77. The van der Waals surface area contributed by atoms with Crippen LogP contribution in [-0.2, 0) is 4.74 Å². The second-order valence-corrected chi connectivity index (χ2v) is 7.70. The van der Waals surface area contributed by atoms with E-state index < -0.39 is 11.7 Å². The summed E-state index contributed by atoms with van der Waals surface area (Å²) in [5.41, 5.74) is 1.04. The van der Waals surface area contributed by atoms with Gasteiger partial charge in [-0.05, 0) is 76.4 Å². The van der Waals surface area contributed by atoms with E-state index in [4.69, 9.17) is 16.3 Å². The highest BCUT2D eigenvalue weighted by Gasteiger charge is 2.21. The molecule has 21 heavy (non-hydrogen) atoms. The Morgan fingerprint density at radius 2 is 1.90 bits per heavy atom. The fraction of sp³-hybridized carbons (Fsp3) is 0.267. The molecule has 2 rings (SSSR count). The molecule has 2 aromatic rings. The van der Waals surface area contributed by atoms with E-state index in [9.17, 15) is 4.79 Å². The van der Waals surface area contributed by atoms with Crippen LogP contribution >= 0.6 is 43.5 Å². The number of ether oxygens (including phenoxy) is 1. The van der Waals surface area contributed by atoms with Crippen molar-refractivity contribution in [3.63, 3.8) is 0 Å². The zero-order valence-corrected chi connectivity index (χ0v) is 15.7. The number of aromatic nitrogens is 1. The van der Waals surface area contributed by atoms with Gasteiger partial charge in [0.15, 0.2) is 0 Å². The van der Waals surface area contributed by atoms with Gasteiger partial charge in [-0.15, -0.1) is 0 Å². The topological polar surface area (TPSA) is 31.2 Å². The van der Waals surface area contributed by atoms with Crippen molar-refractivity contribution in [2.75, 3.05) is 0 Å². The molecule has 0 saturated carbocycles. The molecule has 0 aliphatic carbocycles. The number of nitrogens with zero attached hydrogens (tertiary/aromatic N) is 1. The Kier molecular flexibility index (Phi) is 4.85. The predicted molar refractivity (Wildman–Crippen MR) is 91.9 cm³/mol. The Hall–Kier alpha value is -0.780. The molecule has 1 aromatic heterocycles. The van der Waals surface area contributed by atoms with Gasteiger partial charge in [-0.1, -0.05) is 17.7 Å². The molecule has 0 aliphatic heterocycles. The van der Waals surface area contributed by atoms with Gasteiger partial charge in [0, 0.05) is 15.1 Å². The number of hydrogen-bond donors (Lipinski definition) is 0.